The number of amides is 1. The molecule has 1 unspecified atom stereocenters. The highest BCUT2D eigenvalue weighted by atomic mass is 19.1. The topological polar surface area (TPSA) is 33.5 Å². The molecule has 0 fully saturated rings. The number of quaternary nitrogens is 1. The molecule has 0 bridgehead atoms. The van der Waals surface area contributed by atoms with Crippen LogP contribution in [0.5, 0.6) is 0 Å². The molecule has 0 aliphatic rings. The molecular formula is C17H19F2N2O+. The zero-order valence-electron chi connectivity index (χ0n) is 12.4. The third-order valence-corrected chi connectivity index (χ3v) is 3.43. The number of rotatable bonds is 6. The lowest BCUT2D eigenvalue weighted by Crippen LogP contribution is -3.11. The second-order valence-electron chi connectivity index (χ2n) is 5.09. The van der Waals surface area contributed by atoms with Gasteiger partial charge in [-0.25, -0.2) is 8.78 Å². The number of para-hydroxylation sites is 1. The smallest absolute Gasteiger partial charge is 0.279 e. The van der Waals surface area contributed by atoms with Gasteiger partial charge >= 0.3 is 0 Å². The van der Waals surface area contributed by atoms with Crippen molar-refractivity contribution in [3.05, 3.63) is 65.7 Å². The predicted octanol–water partition coefficient (Wildman–Crippen LogP) is 2.01. The van der Waals surface area contributed by atoms with Crippen molar-refractivity contribution in [1.29, 1.82) is 0 Å². The van der Waals surface area contributed by atoms with Gasteiger partial charge in [0.25, 0.3) is 5.91 Å². The number of likely N-dealkylation sites (N-methyl/N-ethyl adjacent to an activating group) is 1. The number of carbonyl (C=O) groups excluding carboxylic acids is 1. The molecule has 0 aliphatic carbocycles. The summed E-state index contributed by atoms with van der Waals surface area (Å²) in [6.45, 7) is 3.54. The standard InChI is InChI=1S/C17H18F2N2O/c1-2-21(11-13-7-4-3-5-8-13)12-16(22)20-17-14(18)9-6-10-15(17)19/h3-10H,2,11-12H2,1H3,(H,20,22)/p+1. The number of halogens is 2. The van der Waals surface area contributed by atoms with Crippen LogP contribution in [0.4, 0.5) is 14.5 Å². The van der Waals surface area contributed by atoms with Crippen molar-refractivity contribution in [2.45, 2.75) is 13.5 Å². The summed E-state index contributed by atoms with van der Waals surface area (Å²) in [6, 6.07) is 13.3. The first-order chi connectivity index (χ1) is 10.6. The molecule has 1 atom stereocenters. The minimum atomic E-state index is -0.769. The summed E-state index contributed by atoms with van der Waals surface area (Å²) in [6.07, 6.45) is 0. The first-order valence-corrected chi connectivity index (χ1v) is 7.21. The number of hydrogen-bond acceptors (Lipinski definition) is 1. The zero-order valence-corrected chi connectivity index (χ0v) is 12.4. The van der Waals surface area contributed by atoms with E-state index in [9.17, 15) is 13.6 Å². The summed E-state index contributed by atoms with van der Waals surface area (Å²) in [5.74, 6) is -1.94. The fourth-order valence-corrected chi connectivity index (χ4v) is 2.22. The maximum absolute atomic E-state index is 13.5. The molecule has 1 amide bonds. The third-order valence-electron chi connectivity index (χ3n) is 3.43. The van der Waals surface area contributed by atoms with Gasteiger partial charge in [0.2, 0.25) is 0 Å². The molecule has 2 N–H and O–H groups in total. The summed E-state index contributed by atoms with van der Waals surface area (Å²) in [4.78, 5) is 13.0. The molecule has 2 rings (SSSR count). The van der Waals surface area contributed by atoms with Gasteiger partial charge in [-0.1, -0.05) is 36.4 Å². The molecule has 2 aromatic carbocycles. The van der Waals surface area contributed by atoms with Gasteiger partial charge < -0.3 is 10.2 Å². The summed E-state index contributed by atoms with van der Waals surface area (Å²) in [7, 11) is 0. The Kier molecular flexibility index (Phi) is 5.61. The van der Waals surface area contributed by atoms with Gasteiger partial charge in [-0.2, -0.15) is 0 Å². The van der Waals surface area contributed by atoms with E-state index in [0.29, 0.717) is 6.54 Å². The van der Waals surface area contributed by atoms with Crippen molar-refractivity contribution in [2.75, 3.05) is 18.4 Å². The summed E-state index contributed by atoms with van der Waals surface area (Å²) < 4.78 is 27.0. The van der Waals surface area contributed by atoms with E-state index >= 15 is 0 Å². The maximum atomic E-state index is 13.5. The van der Waals surface area contributed by atoms with E-state index in [0.717, 1.165) is 29.1 Å². The third kappa shape index (κ3) is 4.36. The zero-order chi connectivity index (χ0) is 15.9. The molecule has 22 heavy (non-hydrogen) atoms. The minimum Gasteiger partial charge on any atom is -0.324 e. The highest BCUT2D eigenvalue weighted by Gasteiger charge is 2.16. The average Bonchev–Trinajstić information content (AvgIpc) is 2.51. The van der Waals surface area contributed by atoms with E-state index in [1.165, 1.54) is 6.07 Å². The highest BCUT2D eigenvalue weighted by molar-refractivity contribution is 5.91. The van der Waals surface area contributed by atoms with E-state index in [4.69, 9.17) is 0 Å². The van der Waals surface area contributed by atoms with Crippen molar-refractivity contribution in [3.8, 4) is 0 Å². The Morgan fingerprint density at radius 1 is 1.05 bits per heavy atom. The quantitative estimate of drug-likeness (QED) is 0.841. The van der Waals surface area contributed by atoms with Gasteiger partial charge in [0.15, 0.2) is 6.54 Å². The van der Waals surface area contributed by atoms with E-state index in [1.54, 1.807) is 0 Å². The lowest BCUT2D eigenvalue weighted by atomic mass is 10.2. The van der Waals surface area contributed by atoms with Crippen LogP contribution in [0.1, 0.15) is 12.5 Å². The van der Waals surface area contributed by atoms with Gasteiger partial charge in [0, 0.05) is 5.56 Å². The molecule has 0 saturated heterocycles. The Morgan fingerprint density at radius 2 is 1.68 bits per heavy atom. The van der Waals surface area contributed by atoms with Crippen LogP contribution < -0.4 is 10.2 Å². The Hall–Kier alpha value is -2.27. The molecule has 2 aromatic rings. The number of hydrogen-bond donors (Lipinski definition) is 2. The fraction of sp³-hybridized carbons (Fsp3) is 0.235. The van der Waals surface area contributed by atoms with Crippen LogP contribution in [0.25, 0.3) is 0 Å². The van der Waals surface area contributed by atoms with Crippen molar-refractivity contribution in [3.63, 3.8) is 0 Å². The van der Waals surface area contributed by atoms with Crippen LogP contribution in [-0.4, -0.2) is 19.0 Å². The fourth-order valence-electron chi connectivity index (χ4n) is 2.22. The number of nitrogens with one attached hydrogen (secondary N) is 2. The van der Waals surface area contributed by atoms with Crippen LogP contribution in [-0.2, 0) is 11.3 Å². The van der Waals surface area contributed by atoms with Crippen molar-refractivity contribution in [2.24, 2.45) is 0 Å². The molecule has 0 aliphatic heterocycles. The second-order valence-corrected chi connectivity index (χ2v) is 5.09. The van der Waals surface area contributed by atoms with E-state index in [-0.39, 0.29) is 12.2 Å². The number of benzene rings is 2. The van der Waals surface area contributed by atoms with Gasteiger partial charge in [-0.3, -0.25) is 4.79 Å². The Bertz CT molecular complexity index is 612. The molecule has 0 aromatic heterocycles. The first kappa shape index (κ1) is 16.1. The predicted molar refractivity (Wildman–Crippen MR) is 81.5 cm³/mol. The largest absolute Gasteiger partial charge is 0.324 e. The highest BCUT2D eigenvalue weighted by Crippen LogP contribution is 2.17. The van der Waals surface area contributed by atoms with Crippen LogP contribution in [0.2, 0.25) is 0 Å². The Labute approximate surface area is 128 Å². The molecule has 0 radical (unpaired) electrons. The van der Waals surface area contributed by atoms with Crippen molar-refractivity contribution < 1.29 is 18.5 Å². The molecule has 3 nitrogen and oxygen atoms in total. The summed E-state index contributed by atoms with van der Waals surface area (Å²) in [5.41, 5.74) is 0.729. The summed E-state index contributed by atoms with van der Waals surface area (Å²) in [5, 5.41) is 2.32. The second kappa shape index (κ2) is 7.66. The van der Waals surface area contributed by atoms with Crippen molar-refractivity contribution in [1.82, 2.24) is 0 Å². The number of anilines is 1. The van der Waals surface area contributed by atoms with E-state index in [1.807, 2.05) is 37.3 Å². The van der Waals surface area contributed by atoms with Crippen LogP contribution in [0.3, 0.4) is 0 Å². The first-order valence-electron chi connectivity index (χ1n) is 7.21. The summed E-state index contributed by atoms with van der Waals surface area (Å²) >= 11 is 0. The van der Waals surface area contributed by atoms with E-state index < -0.39 is 17.5 Å². The maximum Gasteiger partial charge on any atom is 0.279 e. The van der Waals surface area contributed by atoms with Gasteiger partial charge in [0.1, 0.15) is 23.9 Å². The average molecular weight is 305 g/mol. The lowest BCUT2D eigenvalue weighted by molar-refractivity contribution is -0.903. The molecule has 0 spiro atoms. The van der Waals surface area contributed by atoms with Crippen LogP contribution in [0.15, 0.2) is 48.5 Å². The monoisotopic (exact) mass is 305 g/mol. The van der Waals surface area contributed by atoms with Gasteiger partial charge in [-0.15, -0.1) is 0 Å². The molecule has 0 heterocycles. The van der Waals surface area contributed by atoms with E-state index in [2.05, 4.69) is 5.32 Å². The Balaban J connectivity index is 1.98. The van der Waals surface area contributed by atoms with Crippen LogP contribution >= 0.6 is 0 Å². The minimum absolute atomic E-state index is 0.152. The van der Waals surface area contributed by atoms with Crippen molar-refractivity contribution >= 4 is 11.6 Å². The lowest BCUT2D eigenvalue weighted by Gasteiger charge is -2.17. The SMILES string of the molecule is CC[NH+](CC(=O)Nc1c(F)cccc1F)Cc1ccccc1. The van der Waals surface area contributed by atoms with Gasteiger partial charge in [-0.05, 0) is 19.1 Å². The molecule has 5 heteroatoms. The molecule has 116 valence electrons. The number of carbonyl (C=O) groups is 1. The molecular weight excluding hydrogens is 286 g/mol. The van der Waals surface area contributed by atoms with Gasteiger partial charge in [0.05, 0.1) is 6.54 Å². The van der Waals surface area contributed by atoms with Crippen LogP contribution in [0, 0.1) is 11.6 Å². The normalized spacial score (nSPS) is 12.0. The Morgan fingerprint density at radius 3 is 2.27 bits per heavy atom. The molecule has 0 saturated carbocycles.